The molecule has 0 saturated carbocycles. The Morgan fingerprint density at radius 3 is 1.46 bits per heavy atom. The molecule has 0 radical (unpaired) electrons. The van der Waals surface area contributed by atoms with E-state index in [1.165, 1.54) is 13.2 Å². The van der Waals surface area contributed by atoms with Crippen LogP contribution in [0.5, 0.6) is 11.5 Å². The second kappa shape index (κ2) is 17.4. The van der Waals surface area contributed by atoms with Gasteiger partial charge >= 0.3 is 5.97 Å². The molecule has 0 bridgehead atoms. The van der Waals surface area contributed by atoms with E-state index in [1.54, 1.807) is 54.6 Å². The Morgan fingerprint density at radius 1 is 0.654 bits per heavy atom. The molecule has 0 atom stereocenters. The molecule has 0 amide bonds. The number of aromatic nitrogens is 4. The number of hydrogen-bond acceptors (Lipinski definition) is 11. The molecule has 0 unspecified atom stereocenters. The number of ether oxygens (including phenoxy) is 3. The van der Waals surface area contributed by atoms with E-state index >= 15 is 0 Å². The average Bonchev–Trinajstić information content (AvgIpc) is 3.84. The zero-order valence-electron chi connectivity index (χ0n) is 28.9. The van der Waals surface area contributed by atoms with Gasteiger partial charge in [0, 0.05) is 33.9 Å². The predicted octanol–water partition coefficient (Wildman–Crippen LogP) is 9.69. The first-order valence-corrected chi connectivity index (χ1v) is 16.8. The Kier molecular flexibility index (Phi) is 12.6. The fourth-order valence-electron chi connectivity index (χ4n) is 4.57. The minimum absolute atomic E-state index is 0.0329. The summed E-state index contributed by atoms with van der Waals surface area (Å²) in [5.74, 6) is 2.45. The van der Waals surface area contributed by atoms with Crippen molar-refractivity contribution in [3.05, 3.63) is 112 Å². The zero-order chi connectivity index (χ0) is 37.2. The number of methoxy groups -OCH3 is 1. The van der Waals surface area contributed by atoms with Gasteiger partial charge in [0.05, 0.1) is 29.4 Å². The van der Waals surface area contributed by atoms with Gasteiger partial charge in [-0.15, -0.1) is 0 Å². The van der Waals surface area contributed by atoms with Crippen LogP contribution in [0.25, 0.3) is 51.8 Å². The lowest BCUT2D eigenvalue weighted by Gasteiger charge is -2.11. The Hall–Kier alpha value is -5.78. The van der Waals surface area contributed by atoms with Crippen molar-refractivity contribution in [1.82, 2.24) is 20.3 Å². The summed E-state index contributed by atoms with van der Waals surface area (Å²) >= 11 is 12.5. The van der Waals surface area contributed by atoms with Crippen LogP contribution < -0.4 is 9.47 Å². The normalized spacial score (nSPS) is 11.0. The maximum atomic E-state index is 11.1. The van der Waals surface area contributed by atoms with Gasteiger partial charge in [-0.25, -0.2) is 4.79 Å². The number of aldehydes is 1. The zero-order valence-corrected chi connectivity index (χ0v) is 30.4. The lowest BCUT2D eigenvalue weighted by atomic mass is 10.1. The second-order valence-electron chi connectivity index (χ2n) is 11.7. The van der Waals surface area contributed by atoms with Crippen LogP contribution in [-0.2, 0) is 9.53 Å². The minimum Gasteiger partial charge on any atom is -0.489 e. The molecule has 11 nitrogen and oxygen atoms in total. The van der Waals surface area contributed by atoms with E-state index in [0.717, 1.165) is 34.1 Å². The van der Waals surface area contributed by atoms with Crippen molar-refractivity contribution in [2.45, 2.75) is 39.9 Å². The van der Waals surface area contributed by atoms with Crippen molar-refractivity contribution >= 4 is 41.5 Å². The van der Waals surface area contributed by atoms with Gasteiger partial charge in [0.25, 0.3) is 11.8 Å². The first kappa shape index (κ1) is 37.5. The summed E-state index contributed by atoms with van der Waals surface area (Å²) in [6.45, 7) is 7.75. The summed E-state index contributed by atoms with van der Waals surface area (Å²) in [7, 11) is 1.33. The third-order valence-electron chi connectivity index (χ3n) is 7.02. The molecule has 0 fully saturated rings. The van der Waals surface area contributed by atoms with E-state index in [-0.39, 0.29) is 12.2 Å². The largest absolute Gasteiger partial charge is 0.489 e. The summed E-state index contributed by atoms with van der Waals surface area (Å²) in [5, 5.41) is 8.98. The van der Waals surface area contributed by atoms with Gasteiger partial charge in [-0.1, -0.05) is 57.8 Å². The topological polar surface area (TPSA) is 140 Å². The van der Waals surface area contributed by atoms with Gasteiger partial charge in [-0.05, 0) is 100.0 Å². The number of carbonyl (C=O) groups is 2. The second-order valence-corrected chi connectivity index (χ2v) is 12.5. The monoisotopic (exact) mass is 740 g/mol. The van der Waals surface area contributed by atoms with E-state index in [9.17, 15) is 9.59 Å². The number of benzene rings is 4. The van der Waals surface area contributed by atoms with Crippen LogP contribution in [0.2, 0.25) is 10.0 Å². The van der Waals surface area contributed by atoms with Crippen LogP contribution in [0, 0.1) is 0 Å². The quantitative estimate of drug-likeness (QED) is 0.0712. The van der Waals surface area contributed by atoms with Gasteiger partial charge in [-0.3, -0.25) is 4.79 Å². The molecule has 0 aliphatic carbocycles. The molecule has 52 heavy (non-hydrogen) atoms. The highest BCUT2D eigenvalue weighted by molar-refractivity contribution is 6.32. The lowest BCUT2D eigenvalue weighted by Crippen LogP contribution is -2.05. The van der Waals surface area contributed by atoms with Crippen molar-refractivity contribution in [2.24, 2.45) is 0 Å². The smallest absolute Gasteiger partial charge is 0.330 e. The van der Waals surface area contributed by atoms with Crippen molar-refractivity contribution in [2.75, 3.05) is 7.11 Å². The number of halogens is 2. The highest BCUT2D eigenvalue weighted by Gasteiger charge is 2.15. The van der Waals surface area contributed by atoms with Gasteiger partial charge in [-0.2, -0.15) is 9.97 Å². The SMILES string of the molecule is CC(C)Oc1ccc(-c2noc(-c3ccc(C=O)cc3)n2)cc1Cl.COC(=O)/C=C\c1ccc(-c2nc(-c3ccc(OC(C)C)c(Cl)c3)no2)cc1. The highest BCUT2D eigenvalue weighted by Crippen LogP contribution is 2.32. The number of rotatable bonds is 11. The van der Waals surface area contributed by atoms with Gasteiger partial charge in [0.2, 0.25) is 11.6 Å². The van der Waals surface area contributed by atoms with E-state index in [1.807, 2.05) is 64.1 Å². The molecule has 4 aromatic carbocycles. The molecular formula is C39H34Cl2N4O7. The Labute approximate surface area is 310 Å². The van der Waals surface area contributed by atoms with Crippen LogP contribution in [0.3, 0.4) is 0 Å². The standard InChI is InChI=1S/C21H19ClN2O4.C18H15ClN2O3/c1-13(2)27-18-10-9-16(12-17(18)22)20-23-21(28-24-20)15-7-4-14(5-8-15)6-11-19(25)26-3;1-11(2)23-16-8-7-14(9-15(16)19)17-20-18(24-21-17)13-5-3-12(10-22)4-6-13/h4-13H,1-3H3;3-11H,1-2H3/b11-6-;. The maximum Gasteiger partial charge on any atom is 0.330 e. The van der Waals surface area contributed by atoms with Crippen molar-refractivity contribution in [3.63, 3.8) is 0 Å². The van der Waals surface area contributed by atoms with Crippen LogP contribution in [0.15, 0.2) is 100 Å². The summed E-state index contributed by atoms with van der Waals surface area (Å²) in [6.07, 6.45) is 3.88. The van der Waals surface area contributed by atoms with E-state index < -0.39 is 5.97 Å². The third-order valence-corrected chi connectivity index (χ3v) is 7.61. The predicted molar refractivity (Wildman–Crippen MR) is 198 cm³/mol. The molecule has 0 aliphatic rings. The first-order chi connectivity index (χ1) is 25.0. The van der Waals surface area contributed by atoms with Crippen molar-refractivity contribution in [1.29, 1.82) is 0 Å². The lowest BCUT2D eigenvalue weighted by molar-refractivity contribution is -0.134. The highest BCUT2D eigenvalue weighted by atomic mass is 35.5. The van der Waals surface area contributed by atoms with Gasteiger partial charge < -0.3 is 23.3 Å². The average molecular weight is 742 g/mol. The molecule has 0 saturated heterocycles. The molecular weight excluding hydrogens is 707 g/mol. The number of hydrogen-bond donors (Lipinski definition) is 0. The van der Waals surface area contributed by atoms with Crippen LogP contribution in [-0.4, -0.2) is 51.9 Å². The molecule has 6 aromatic rings. The molecule has 0 N–H and O–H groups in total. The van der Waals surface area contributed by atoms with Gasteiger partial charge in [0.1, 0.15) is 17.8 Å². The summed E-state index contributed by atoms with van der Waals surface area (Å²) < 4.78 is 26.5. The fourth-order valence-corrected chi connectivity index (χ4v) is 5.02. The molecule has 0 spiro atoms. The van der Waals surface area contributed by atoms with Crippen LogP contribution >= 0.6 is 23.2 Å². The van der Waals surface area contributed by atoms with Gasteiger partial charge in [0.15, 0.2) is 0 Å². The Balaban J connectivity index is 0.000000203. The first-order valence-electron chi connectivity index (χ1n) is 16.1. The molecule has 6 rings (SSSR count). The number of carbonyl (C=O) groups excluding carboxylic acids is 2. The summed E-state index contributed by atoms with van der Waals surface area (Å²) in [4.78, 5) is 30.6. The Morgan fingerprint density at radius 2 is 1.08 bits per heavy atom. The molecule has 13 heteroatoms. The van der Waals surface area contributed by atoms with E-state index in [2.05, 4.69) is 25.0 Å². The van der Waals surface area contributed by atoms with Crippen LogP contribution in [0.4, 0.5) is 0 Å². The Bertz CT molecular complexity index is 2160. The van der Waals surface area contributed by atoms with Crippen LogP contribution in [0.1, 0.15) is 43.6 Å². The molecule has 2 aromatic heterocycles. The number of esters is 1. The van der Waals surface area contributed by atoms with E-state index in [0.29, 0.717) is 50.5 Å². The van der Waals surface area contributed by atoms with Crippen molar-refractivity contribution < 1.29 is 32.8 Å². The molecule has 0 aliphatic heterocycles. The minimum atomic E-state index is -0.408. The summed E-state index contributed by atoms with van der Waals surface area (Å²) in [6, 6.07) is 25.0. The third kappa shape index (κ3) is 9.93. The fraction of sp³-hybridized carbons (Fsp3) is 0.179. The van der Waals surface area contributed by atoms with E-state index in [4.69, 9.17) is 41.7 Å². The molecule has 2 heterocycles. The molecule has 266 valence electrons. The number of nitrogens with zero attached hydrogens (tertiary/aromatic N) is 4. The maximum absolute atomic E-state index is 11.1. The van der Waals surface area contributed by atoms with Crippen molar-refractivity contribution in [3.8, 4) is 57.2 Å². The summed E-state index contributed by atoms with van der Waals surface area (Å²) in [5.41, 5.74) is 4.40.